The number of hydrogen-bond acceptors (Lipinski definition) is 1. The maximum Gasteiger partial charge on any atom is 0.254 e. The van der Waals surface area contributed by atoms with Crippen LogP contribution in [0.1, 0.15) is 37.6 Å². The van der Waals surface area contributed by atoms with Crippen LogP contribution in [0.3, 0.4) is 0 Å². The van der Waals surface area contributed by atoms with Crippen molar-refractivity contribution in [3.05, 3.63) is 34.3 Å². The molecule has 0 radical (unpaired) electrons. The lowest BCUT2D eigenvalue weighted by Crippen LogP contribution is -2.48. The summed E-state index contributed by atoms with van der Waals surface area (Å²) in [6.45, 7) is 7.50. The van der Waals surface area contributed by atoms with Crippen LogP contribution in [0, 0.1) is 11.8 Å². The standard InChI is InChI=1S/C15H20BrNO/c1-10-8-11(2)12(3)17(9-10)15(18)13-4-6-14(16)7-5-13/h4-7,10-12H,8-9H2,1-3H3. The molecular formula is C15H20BrNO. The molecule has 0 N–H and O–H groups in total. The monoisotopic (exact) mass is 309 g/mol. The van der Waals surface area contributed by atoms with Crippen molar-refractivity contribution >= 4 is 21.8 Å². The Bertz CT molecular complexity index is 429. The van der Waals surface area contributed by atoms with Gasteiger partial charge in [-0.1, -0.05) is 29.8 Å². The van der Waals surface area contributed by atoms with Crippen LogP contribution in [-0.2, 0) is 0 Å². The lowest BCUT2D eigenvalue weighted by atomic mass is 9.85. The zero-order valence-corrected chi connectivity index (χ0v) is 12.8. The predicted octanol–water partition coefficient (Wildman–Crippen LogP) is 3.96. The van der Waals surface area contributed by atoms with Crippen molar-refractivity contribution in [2.24, 2.45) is 11.8 Å². The molecule has 1 heterocycles. The van der Waals surface area contributed by atoms with Gasteiger partial charge in [-0.05, 0) is 49.4 Å². The number of carbonyl (C=O) groups is 1. The first kappa shape index (κ1) is 13.6. The van der Waals surface area contributed by atoms with Crippen LogP contribution in [0.5, 0.6) is 0 Å². The molecule has 0 aliphatic carbocycles. The summed E-state index contributed by atoms with van der Waals surface area (Å²) >= 11 is 3.40. The molecule has 1 fully saturated rings. The Morgan fingerprint density at radius 2 is 1.83 bits per heavy atom. The molecule has 1 amide bonds. The van der Waals surface area contributed by atoms with Crippen molar-refractivity contribution in [2.45, 2.75) is 33.2 Å². The number of hydrogen-bond donors (Lipinski definition) is 0. The first-order valence-corrected chi connectivity index (χ1v) is 7.35. The van der Waals surface area contributed by atoms with Gasteiger partial charge in [0.1, 0.15) is 0 Å². The average molecular weight is 310 g/mol. The third kappa shape index (κ3) is 2.77. The van der Waals surface area contributed by atoms with Crippen molar-refractivity contribution in [1.82, 2.24) is 4.90 Å². The van der Waals surface area contributed by atoms with E-state index in [9.17, 15) is 4.79 Å². The van der Waals surface area contributed by atoms with Crippen molar-refractivity contribution in [1.29, 1.82) is 0 Å². The quantitative estimate of drug-likeness (QED) is 0.769. The van der Waals surface area contributed by atoms with Gasteiger partial charge in [-0.3, -0.25) is 4.79 Å². The molecule has 2 nitrogen and oxygen atoms in total. The highest BCUT2D eigenvalue weighted by atomic mass is 79.9. The van der Waals surface area contributed by atoms with Crippen LogP contribution in [0.15, 0.2) is 28.7 Å². The second-order valence-electron chi connectivity index (χ2n) is 5.52. The SMILES string of the molecule is CC1CC(C)C(C)N(C(=O)c2ccc(Br)cc2)C1. The maximum atomic E-state index is 12.5. The van der Waals surface area contributed by atoms with E-state index in [0.29, 0.717) is 17.9 Å². The van der Waals surface area contributed by atoms with Gasteiger partial charge in [-0.15, -0.1) is 0 Å². The van der Waals surface area contributed by atoms with E-state index in [4.69, 9.17) is 0 Å². The smallest absolute Gasteiger partial charge is 0.254 e. The molecule has 0 aromatic heterocycles. The molecule has 1 saturated heterocycles. The van der Waals surface area contributed by atoms with E-state index in [-0.39, 0.29) is 5.91 Å². The fourth-order valence-corrected chi connectivity index (χ4v) is 3.01. The molecule has 98 valence electrons. The molecule has 18 heavy (non-hydrogen) atoms. The molecule has 1 aliphatic heterocycles. The zero-order chi connectivity index (χ0) is 13.3. The van der Waals surface area contributed by atoms with Gasteiger partial charge in [-0.25, -0.2) is 0 Å². The van der Waals surface area contributed by atoms with Crippen molar-refractivity contribution in [2.75, 3.05) is 6.54 Å². The number of rotatable bonds is 1. The van der Waals surface area contributed by atoms with Crippen LogP contribution < -0.4 is 0 Å². The molecular weight excluding hydrogens is 290 g/mol. The van der Waals surface area contributed by atoms with E-state index in [0.717, 1.165) is 16.6 Å². The number of amides is 1. The molecule has 0 saturated carbocycles. The maximum absolute atomic E-state index is 12.5. The van der Waals surface area contributed by atoms with Gasteiger partial charge in [0.2, 0.25) is 0 Å². The second-order valence-corrected chi connectivity index (χ2v) is 6.44. The van der Waals surface area contributed by atoms with Crippen LogP contribution in [0.4, 0.5) is 0 Å². The molecule has 3 heteroatoms. The summed E-state index contributed by atoms with van der Waals surface area (Å²) in [5, 5.41) is 0. The number of carbonyl (C=O) groups excluding carboxylic acids is 1. The van der Waals surface area contributed by atoms with Gasteiger partial charge in [-0.2, -0.15) is 0 Å². The Kier molecular flexibility index (Phi) is 4.10. The number of halogens is 1. The topological polar surface area (TPSA) is 20.3 Å². The van der Waals surface area contributed by atoms with Gasteiger partial charge in [0.25, 0.3) is 5.91 Å². The molecule has 1 aromatic rings. The fourth-order valence-electron chi connectivity index (χ4n) is 2.74. The number of nitrogens with zero attached hydrogens (tertiary/aromatic N) is 1. The zero-order valence-electron chi connectivity index (χ0n) is 11.2. The first-order chi connectivity index (χ1) is 8.49. The van der Waals surface area contributed by atoms with Crippen LogP contribution in [-0.4, -0.2) is 23.4 Å². The molecule has 2 rings (SSSR count). The Labute approximate surface area is 117 Å². The summed E-state index contributed by atoms with van der Waals surface area (Å²) in [6, 6.07) is 7.97. The van der Waals surface area contributed by atoms with E-state index in [2.05, 4.69) is 36.7 Å². The van der Waals surface area contributed by atoms with E-state index in [1.165, 1.54) is 6.42 Å². The third-order valence-electron chi connectivity index (χ3n) is 3.95. The molecule has 0 bridgehead atoms. The highest BCUT2D eigenvalue weighted by Crippen LogP contribution is 2.28. The number of benzene rings is 1. The molecule has 1 aromatic carbocycles. The van der Waals surface area contributed by atoms with Crippen LogP contribution in [0.2, 0.25) is 0 Å². The molecule has 3 unspecified atom stereocenters. The Morgan fingerprint density at radius 3 is 2.44 bits per heavy atom. The normalized spacial score (nSPS) is 28.2. The summed E-state index contributed by atoms with van der Waals surface area (Å²) in [5.41, 5.74) is 0.784. The highest BCUT2D eigenvalue weighted by molar-refractivity contribution is 9.10. The van der Waals surface area contributed by atoms with Gasteiger partial charge in [0.05, 0.1) is 0 Å². The summed E-state index contributed by atoms with van der Waals surface area (Å²) in [6.07, 6.45) is 1.21. The predicted molar refractivity (Wildman–Crippen MR) is 77.6 cm³/mol. The van der Waals surface area contributed by atoms with Crippen LogP contribution in [0.25, 0.3) is 0 Å². The summed E-state index contributed by atoms with van der Waals surface area (Å²) in [7, 11) is 0. The van der Waals surface area contributed by atoms with E-state index in [1.807, 2.05) is 29.2 Å². The van der Waals surface area contributed by atoms with Crippen molar-refractivity contribution in [3.8, 4) is 0 Å². The average Bonchev–Trinajstić information content (AvgIpc) is 2.34. The molecule has 0 spiro atoms. The summed E-state index contributed by atoms with van der Waals surface area (Å²) < 4.78 is 1.01. The first-order valence-electron chi connectivity index (χ1n) is 6.55. The van der Waals surface area contributed by atoms with Crippen molar-refractivity contribution in [3.63, 3.8) is 0 Å². The highest BCUT2D eigenvalue weighted by Gasteiger charge is 2.32. The Hall–Kier alpha value is -0.830. The van der Waals surface area contributed by atoms with Crippen molar-refractivity contribution < 1.29 is 4.79 Å². The van der Waals surface area contributed by atoms with Gasteiger partial charge < -0.3 is 4.90 Å². The van der Waals surface area contributed by atoms with Gasteiger partial charge >= 0.3 is 0 Å². The van der Waals surface area contributed by atoms with E-state index in [1.54, 1.807) is 0 Å². The Balaban J connectivity index is 2.19. The minimum absolute atomic E-state index is 0.161. The van der Waals surface area contributed by atoms with E-state index < -0.39 is 0 Å². The minimum atomic E-state index is 0.161. The number of likely N-dealkylation sites (tertiary alicyclic amines) is 1. The molecule has 1 aliphatic rings. The number of piperidine rings is 1. The molecule has 3 atom stereocenters. The minimum Gasteiger partial charge on any atom is -0.335 e. The second kappa shape index (κ2) is 5.43. The van der Waals surface area contributed by atoms with Gasteiger partial charge in [0, 0.05) is 22.6 Å². The lowest BCUT2D eigenvalue weighted by Gasteiger charge is -2.41. The summed E-state index contributed by atoms with van der Waals surface area (Å²) in [5.74, 6) is 1.33. The summed E-state index contributed by atoms with van der Waals surface area (Å²) in [4.78, 5) is 14.6. The Morgan fingerprint density at radius 1 is 1.22 bits per heavy atom. The third-order valence-corrected chi connectivity index (χ3v) is 4.48. The lowest BCUT2D eigenvalue weighted by molar-refractivity contribution is 0.0455. The van der Waals surface area contributed by atoms with Gasteiger partial charge in [0.15, 0.2) is 0 Å². The van der Waals surface area contributed by atoms with E-state index >= 15 is 0 Å². The fraction of sp³-hybridized carbons (Fsp3) is 0.533. The largest absolute Gasteiger partial charge is 0.335 e. The van der Waals surface area contributed by atoms with Crippen LogP contribution >= 0.6 is 15.9 Å².